The van der Waals surface area contributed by atoms with Crippen LogP contribution in [0.1, 0.15) is 55.0 Å². The normalized spacial score (nSPS) is 21.3. The summed E-state index contributed by atoms with van der Waals surface area (Å²) in [5.41, 5.74) is 2.43. The van der Waals surface area contributed by atoms with Crippen molar-refractivity contribution in [2.24, 2.45) is 0 Å². The molecule has 1 aromatic carbocycles. The second kappa shape index (κ2) is 10.2. The largest absolute Gasteiger partial charge is 0.394 e. The van der Waals surface area contributed by atoms with Crippen LogP contribution < -0.4 is 11.2 Å². The summed E-state index contributed by atoms with van der Waals surface area (Å²) in [5, 5.41) is 19.2. The van der Waals surface area contributed by atoms with Gasteiger partial charge in [0.1, 0.15) is 12.3 Å². The van der Waals surface area contributed by atoms with Crippen LogP contribution in [0.3, 0.4) is 0 Å². The van der Waals surface area contributed by atoms with E-state index in [4.69, 9.17) is 4.74 Å². The van der Waals surface area contributed by atoms with Gasteiger partial charge in [-0.25, -0.2) is 4.79 Å². The summed E-state index contributed by atoms with van der Waals surface area (Å²) in [7, 11) is 0. The average Bonchev–Trinajstić information content (AvgIpc) is 3.11. The summed E-state index contributed by atoms with van der Waals surface area (Å²) < 4.78 is 8.23. The van der Waals surface area contributed by atoms with Gasteiger partial charge in [-0.3, -0.25) is 13.9 Å². The van der Waals surface area contributed by atoms with Crippen LogP contribution >= 0.6 is 0 Å². The van der Waals surface area contributed by atoms with Crippen molar-refractivity contribution in [3.63, 3.8) is 0 Å². The van der Waals surface area contributed by atoms with E-state index in [0.717, 1.165) is 32.1 Å². The van der Waals surface area contributed by atoms with Crippen LogP contribution in [0.15, 0.2) is 40.1 Å². The highest BCUT2D eigenvalue weighted by Crippen LogP contribution is 2.27. The molecule has 0 unspecified atom stereocenters. The number of rotatable bonds is 9. The third-order valence-corrected chi connectivity index (χ3v) is 5.90. The number of benzene rings is 1. The zero-order chi connectivity index (χ0) is 21.7. The monoisotopic (exact) mass is 416 g/mol. The number of aliphatic hydroxyl groups is 2. The lowest BCUT2D eigenvalue weighted by Crippen LogP contribution is -2.42. The Morgan fingerprint density at radius 3 is 2.50 bits per heavy atom. The van der Waals surface area contributed by atoms with E-state index in [9.17, 15) is 19.8 Å². The molecule has 7 heteroatoms. The molecule has 2 heterocycles. The summed E-state index contributed by atoms with van der Waals surface area (Å²) in [4.78, 5) is 25.4. The van der Waals surface area contributed by atoms with Gasteiger partial charge in [0.2, 0.25) is 0 Å². The van der Waals surface area contributed by atoms with E-state index in [1.165, 1.54) is 26.5 Å². The lowest BCUT2D eigenvalue weighted by atomic mass is 10.0. The Morgan fingerprint density at radius 2 is 1.80 bits per heavy atom. The van der Waals surface area contributed by atoms with E-state index in [2.05, 4.69) is 25.1 Å². The van der Waals surface area contributed by atoms with Gasteiger partial charge >= 0.3 is 5.69 Å². The van der Waals surface area contributed by atoms with Crippen molar-refractivity contribution >= 4 is 0 Å². The molecule has 30 heavy (non-hydrogen) atoms. The zero-order valence-corrected chi connectivity index (χ0v) is 17.8. The fraction of sp³-hybridized carbons (Fsp3) is 0.565. The first-order valence-corrected chi connectivity index (χ1v) is 10.7. The molecule has 2 N–H and O–H groups in total. The van der Waals surface area contributed by atoms with Crippen molar-refractivity contribution in [1.82, 2.24) is 9.13 Å². The third kappa shape index (κ3) is 5.09. The Bertz CT molecular complexity index is 965. The quantitative estimate of drug-likeness (QED) is 0.611. The summed E-state index contributed by atoms with van der Waals surface area (Å²) in [6.07, 6.45) is 4.32. The maximum Gasteiger partial charge on any atom is 0.333 e. The van der Waals surface area contributed by atoms with Crippen LogP contribution in [-0.4, -0.2) is 38.2 Å². The highest BCUT2D eigenvalue weighted by atomic mass is 16.5. The first-order chi connectivity index (χ1) is 14.4. The molecule has 0 amide bonds. The van der Waals surface area contributed by atoms with Crippen LogP contribution in [-0.2, 0) is 17.7 Å². The SMILES string of the molecule is Cc1ccccc1CCCCCCn1c(=O)c(C)cn([C@H]2C[C@H](O)[C@@H](CO)O2)c1=O. The van der Waals surface area contributed by atoms with Gasteiger partial charge in [-0.15, -0.1) is 0 Å². The van der Waals surface area contributed by atoms with Crippen LogP contribution in [0.2, 0.25) is 0 Å². The Labute approximate surface area is 176 Å². The molecule has 0 bridgehead atoms. The van der Waals surface area contributed by atoms with E-state index in [0.29, 0.717) is 12.1 Å². The Kier molecular flexibility index (Phi) is 7.64. The maximum absolute atomic E-state index is 12.9. The number of unbranched alkanes of at least 4 members (excludes halogenated alkanes) is 3. The van der Waals surface area contributed by atoms with Crippen LogP contribution in [0.4, 0.5) is 0 Å². The second-order valence-corrected chi connectivity index (χ2v) is 8.16. The molecule has 2 aromatic rings. The Hall–Kier alpha value is -2.22. The van der Waals surface area contributed by atoms with Gasteiger partial charge in [-0.1, -0.05) is 37.1 Å². The molecule has 1 fully saturated rings. The molecule has 1 aliphatic heterocycles. The molecule has 0 radical (unpaired) electrons. The predicted octanol–water partition coefficient (Wildman–Crippen LogP) is 2.07. The smallest absolute Gasteiger partial charge is 0.333 e. The molecule has 1 aliphatic rings. The predicted molar refractivity (Wildman–Crippen MR) is 115 cm³/mol. The molecule has 3 rings (SSSR count). The summed E-state index contributed by atoms with van der Waals surface area (Å²) in [6, 6.07) is 8.40. The van der Waals surface area contributed by atoms with Crippen molar-refractivity contribution < 1.29 is 14.9 Å². The van der Waals surface area contributed by atoms with Gasteiger partial charge in [0.05, 0.1) is 12.7 Å². The van der Waals surface area contributed by atoms with Crippen molar-refractivity contribution in [1.29, 1.82) is 0 Å². The van der Waals surface area contributed by atoms with Gasteiger partial charge in [0.15, 0.2) is 0 Å². The number of hydrogen-bond acceptors (Lipinski definition) is 5. The van der Waals surface area contributed by atoms with Crippen LogP contribution in [0.25, 0.3) is 0 Å². The van der Waals surface area contributed by atoms with Gasteiger partial charge < -0.3 is 14.9 Å². The van der Waals surface area contributed by atoms with Crippen molar-refractivity contribution in [2.45, 2.75) is 77.4 Å². The fourth-order valence-electron chi connectivity index (χ4n) is 4.04. The minimum absolute atomic E-state index is 0.210. The van der Waals surface area contributed by atoms with Gasteiger partial charge in [-0.2, -0.15) is 0 Å². The molecular formula is C23H32N2O5. The van der Waals surface area contributed by atoms with E-state index in [1.54, 1.807) is 6.92 Å². The van der Waals surface area contributed by atoms with E-state index >= 15 is 0 Å². The Balaban J connectivity index is 1.58. The van der Waals surface area contributed by atoms with Crippen molar-refractivity contribution in [2.75, 3.05) is 6.61 Å². The highest BCUT2D eigenvalue weighted by Gasteiger charge is 2.35. The average molecular weight is 417 g/mol. The summed E-state index contributed by atoms with van der Waals surface area (Å²) >= 11 is 0. The van der Waals surface area contributed by atoms with E-state index in [1.807, 2.05) is 6.07 Å². The maximum atomic E-state index is 12.9. The molecule has 0 saturated carbocycles. The number of aryl methyl sites for hydroxylation is 3. The van der Waals surface area contributed by atoms with Crippen molar-refractivity contribution in [3.05, 3.63) is 68.0 Å². The molecular weight excluding hydrogens is 384 g/mol. The minimum atomic E-state index is -0.833. The van der Waals surface area contributed by atoms with Crippen molar-refractivity contribution in [3.8, 4) is 0 Å². The molecule has 0 aliphatic carbocycles. The summed E-state index contributed by atoms with van der Waals surface area (Å²) in [6.45, 7) is 3.85. The topological polar surface area (TPSA) is 93.7 Å². The Morgan fingerprint density at radius 1 is 1.07 bits per heavy atom. The zero-order valence-electron chi connectivity index (χ0n) is 17.8. The molecule has 1 aromatic heterocycles. The summed E-state index contributed by atoms with van der Waals surface area (Å²) in [5.74, 6) is 0. The van der Waals surface area contributed by atoms with Crippen LogP contribution in [0, 0.1) is 13.8 Å². The molecule has 7 nitrogen and oxygen atoms in total. The second-order valence-electron chi connectivity index (χ2n) is 8.16. The van der Waals surface area contributed by atoms with E-state index < -0.39 is 24.1 Å². The number of hydrogen-bond donors (Lipinski definition) is 2. The lowest BCUT2D eigenvalue weighted by Gasteiger charge is -2.17. The molecule has 0 spiro atoms. The van der Waals surface area contributed by atoms with Gasteiger partial charge in [0, 0.05) is 24.7 Å². The number of aliphatic hydroxyl groups excluding tert-OH is 2. The molecule has 1 saturated heterocycles. The highest BCUT2D eigenvalue weighted by molar-refractivity contribution is 5.25. The first kappa shape index (κ1) is 22.5. The first-order valence-electron chi connectivity index (χ1n) is 10.7. The van der Waals surface area contributed by atoms with Crippen LogP contribution in [0.5, 0.6) is 0 Å². The van der Waals surface area contributed by atoms with Gasteiger partial charge in [-0.05, 0) is 44.2 Å². The molecule has 164 valence electrons. The number of aromatic nitrogens is 2. The third-order valence-electron chi connectivity index (χ3n) is 5.90. The number of ether oxygens (including phenoxy) is 1. The minimum Gasteiger partial charge on any atom is -0.394 e. The lowest BCUT2D eigenvalue weighted by molar-refractivity contribution is -0.0464. The standard InChI is InChI=1S/C23H32N2O5/c1-16-9-6-7-11-18(16)10-5-3-4-8-12-24-22(28)17(2)14-25(23(24)29)21-13-19(27)20(15-26)30-21/h6-7,9,11,14,19-21,26-27H,3-5,8,10,12-13,15H2,1-2H3/t19-,20+,21+/m0/s1. The number of nitrogens with zero attached hydrogens (tertiary/aromatic N) is 2. The molecule has 3 atom stereocenters. The fourth-order valence-corrected chi connectivity index (χ4v) is 4.04. The van der Waals surface area contributed by atoms with E-state index in [-0.39, 0.29) is 18.6 Å². The van der Waals surface area contributed by atoms with Gasteiger partial charge in [0.25, 0.3) is 5.56 Å².